The maximum atomic E-state index is 14.5. The Labute approximate surface area is 178 Å². The van der Waals surface area contributed by atoms with Gasteiger partial charge in [-0.1, -0.05) is 0 Å². The fourth-order valence-electron chi connectivity index (χ4n) is 3.94. The molecule has 0 unspecified atom stereocenters. The summed E-state index contributed by atoms with van der Waals surface area (Å²) in [7, 11) is 0. The van der Waals surface area contributed by atoms with Gasteiger partial charge in [-0.3, -0.25) is 4.79 Å². The summed E-state index contributed by atoms with van der Waals surface area (Å²) in [5, 5.41) is 8.59. The van der Waals surface area contributed by atoms with Gasteiger partial charge in [-0.05, 0) is 30.3 Å². The second kappa shape index (κ2) is 7.05. The first-order valence-electron chi connectivity index (χ1n) is 9.83. The number of benzene rings is 1. The molecule has 2 aromatic heterocycles. The minimum Gasteiger partial charge on any atom is -0.406 e. The fraction of sp³-hybridized carbons (Fsp3) is 0.350. The number of carbonyl (C=O) groups is 1. The van der Waals surface area contributed by atoms with Gasteiger partial charge in [-0.15, -0.1) is 13.2 Å². The van der Waals surface area contributed by atoms with E-state index in [4.69, 9.17) is 10.8 Å². The van der Waals surface area contributed by atoms with Gasteiger partial charge in [0.25, 0.3) is 5.91 Å². The fourth-order valence-corrected chi connectivity index (χ4v) is 3.94. The molecule has 12 heteroatoms. The summed E-state index contributed by atoms with van der Waals surface area (Å²) in [6.07, 6.45) is -3.24. The second-order valence-corrected chi connectivity index (χ2v) is 7.91. The van der Waals surface area contributed by atoms with Gasteiger partial charge in [0.1, 0.15) is 5.75 Å². The lowest BCUT2D eigenvalue weighted by molar-refractivity contribution is -0.274. The number of rotatable bonds is 5. The Hall–Kier alpha value is -3.41. The van der Waals surface area contributed by atoms with E-state index < -0.39 is 17.9 Å². The number of nitrogens with one attached hydrogen (secondary N) is 1. The standard InChI is InChI=1S/C20H18F4N6O2/c21-19(18(25)31)9-29(10-19)14-5-6-27-17-15(14)16(11-7-26-8-11)28-30(17)12-1-3-13(4-2-12)32-20(22,23)24/h1-6,11,26H,7-10H2,(H2,25,31). The largest absolute Gasteiger partial charge is 0.573 e. The van der Waals surface area contributed by atoms with Crippen LogP contribution in [-0.4, -0.2) is 58.9 Å². The van der Waals surface area contributed by atoms with Crippen LogP contribution >= 0.6 is 0 Å². The Balaban J connectivity index is 1.56. The molecule has 0 saturated carbocycles. The zero-order chi connectivity index (χ0) is 22.7. The van der Waals surface area contributed by atoms with Gasteiger partial charge in [0.2, 0.25) is 5.67 Å². The maximum absolute atomic E-state index is 14.5. The molecule has 2 aliphatic heterocycles. The molecule has 1 aromatic carbocycles. The molecule has 1 amide bonds. The van der Waals surface area contributed by atoms with Crippen molar-refractivity contribution in [3.05, 3.63) is 42.2 Å². The molecule has 0 bridgehead atoms. The van der Waals surface area contributed by atoms with Crippen LogP contribution in [0.4, 0.5) is 23.2 Å². The number of carbonyl (C=O) groups excluding carboxylic acids is 1. The molecule has 2 saturated heterocycles. The zero-order valence-corrected chi connectivity index (χ0v) is 16.6. The Kier molecular flexibility index (Phi) is 4.52. The number of primary amides is 1. The maximum Gasteiger partial charge on any atom is 0.573 e. The summed E-state index contributed by atoms with van der Waals surface area (Å²) in [5.41, 5.74) is 5.47. The summed E-state index contributed by atoms with van der Waals surface area (Å²) in [6.45, 7) is 1.07. The lowest BCUT2D eigenvalue weighted by atomic mass is 9.92. The van der Waals surface area contributed by atoms with Crippen molar-refractivity contribution in [2.45, 2.75) is 17.9 Å². The molecule has 2 aliphatic rings. The molecule has 3 aromatic rings. The molecule has 0 radical (unpaired) electrons. The Morgan fingerprint density at radius 2 is 1.88 bits per heavy atom. The third kappa shape index (κ3) is 3.40. The van der Waals surface area contributed by atoms with E-state index in [2.05, 4.69) is 15.0 Å². The van der Waals surface area contributed by atoms with Crippen molar-refractivity contribution in [1.29, 1.82) is 0 Å². The molecule has 0 atom stereocenters. The first-order valence-corrected chi connectivity index (χ1v) is 9.83. The van der Waals surface area contributed by atoms with Crippen molar-refractivity contribution in [3.63, 3.8) is 0 Å². The second-order valence-electron chi connectivity index (χ2n) is 7.91. The normalized spacial score (nSPS) is 18.3. The van der Waals surface area contributed by atoms with Crippen molar-refractivity contribution in [1.82, 2.24) is 20.1 Å². The van der Waals surface area contributed by atoms with Crippen LogP contribution in [0.3, 0.4) is 0 Å². The number of hydrogen-bond acceptors (Lipinski definition) is 6. The van der Waals surface area contributed by atoms with Crippen LogP contribution in [0.1, 0.15) is 11.6 Å². The number of nitrogens with zero attached hydrogens (tertiary/aromatic N) is 4. The van der Waals surface area contributed by atoms with Crippen LogP contribution in [-0.2, 0) is 4.79 Å². The average molecular weight is 450 g/mol. The van der Waals surface area contributed by atoms with Gasteiger partial charge in [-0.2, -0.15) is 5.10 Å². The van der Waals surface area contributed by atoms with Gasteiger partial charge < -0.3 is 20.7 Å². The van der Waals surface area contributed by atoms with Gasteiger partial charge in [-0.25, -0.2) is 14.1 Å². The van der Waals surface area contributed by atoms with Gasteiger partial charge >= 0.3 is 6.36 Å². The van der Waals surface area contributed by atoms with Gasteiger partial charge in [0.05, 0.1) is 35.5 Å². The van der Waals surface area contributed by atoms with Crippen molar-refractivity contribution >= 4 is 22.6 Å². The van der Waals surface area contributed by atoms with E-state index in [1.54, 1.807) is 21.8 Å². The number of amides is 1. The highest BCUT2D eigenvalue weighted by Gasteiger charge is 2.49. The quantitative estimate of drug-likeness (QED) is 0.578. The molecular formula is C20H18F4N6O2. The van der Waals surface area contributed by atoms with E-state index in [1.807, 2.05) is 0 Å². The number of anilines is 1. The average Bonchev–Trinajstić information content (AvgIpc) is 3.03. The molecule has 4 heterocycles. The van der Waals surface area contributed by atoms with E-state index in [1.165, 1.54) is 24.3 Å². The first kappa shape index (κ1) is 20.5. The topological polar surface area (TPSA) is 98.3 Å². The summed E-state index contributed by atoms with van der Waals surface area (Å²) in [6, 6.07) is 7.03. The highest BCUT2D eigenvalue weighted by Crippen LogP contribution is 2.39. The van der Waals surface area contributed by atoms with Gasteiger partial charge in [0.15, 0.2) is 5.65 Å². The zero-order valence-electron chi connectivity index (χ0n) is 16.6. The number of hydrogen-bond donors (Lipinski definition) is 2. The highest BCUT2D eigenvalue weighted by molar-refractivity contribution is 5.96. The van der Waals surface area contributed by atoms with E-state index >= 15 is 0 Å². The molecule has 8 nitrogen and oxygen atoms in total. The molecule has 32 heavy (non-hydrogen) atoms. The van der Waals surface area contributed by atoms with E-state index in [0.717, 1.165) is 5.69 Å². The summed E-state index contributed by atoms with van der Waals surface area (Å²) in [5.74, 6) is -1.25. The highest BCUT2D eigenvalue weighted by atomic mass is 19.4. The monoisotopic (exact) mass is 450 g/mol. The van der Waals surface area contributed by atoms with Crippen LogP contribution in [0, 0.1) is 0 Å². The summed E-state index contributed by atoms with van der Waals surface area (Å²) >= 11 is 0. The lowest BCUT2D eigenvalue weighted by Crippen LogP contribution is -2.65. The van der Waals surface area contributed by atoms with Crippen molar-refractivity contribution in [2.75, 3.05) is 31.1 Å². The van der Waals surface area contributed by atoms with Crippen LogP contribution < -0.4 is 20.7 Å². The Bertz CT molecular complexity index is 1180. The van der Waals surface area contributed by atoms with Crippen molar-refractivity contribution in [3.8, 4) is 11.4 Å². The molecule has 0 spiro atoms. The minimum absolute atomic E-state index is 0.0992. The third-order valence-corrected chi connectivity index (χ3v) is 5.72. The van der Waals surface area contributed by atoms with Crippen LogP contribution in [0.15, 0.2) is 36.5 Å². The van der Waals surface area contributed by atoms with Crippen molar-refractivity contribution < 1.29 is 27.1 Å². The number of fused-ring (bicyclic) bond motifs is 1. The molecule has 3 N–H and O–H groups in total. The predicted octanol–water partition coefficient (Wildman–Crippen LogP) is 2.02. The molecule has 2 fully saturated rings. The summed E-state index contributed by atoms with van der Waals surface area (Å²) < 4.78 is 57.3. The van der Waals surface area contributed by atoms with E-state index in [0.29, 0.717) is 35.5 Å². The van der Waals surface area contributed by atoms with Crippen LogP contribution in [0.5, 0.6) is 5.75 Å². The number of halogens is 4. The number of ether oxygens (including phenoxy) is 1. The molecule has 0 aliphatic carbocycles. The molecular weight excluding hydrogens is 432 g/mol. The first-order chi connectivity index (χ1) is 15.1. The van der Waals surface area contributed by atoms with Crippen molar-refractivity contribution in [2.24, 2.45) is 5.73 Å². The SMILES string of the molecule is NC(=O)C1(F)CN(c2ccnc3c2c(C2CNC2)nn3-c2ccc(OC(F)(F)F)cc2)C1. The molecule has 168 valence electrons. The minimum atomic E-state index is -4.78. The smallest absolute Gasteiger partial charge is 0.406 e. The molecule has 5 rings (SSSR count). The van der Waals surface area contributed by atoms with Crippen LogP contribution in [0.25, 0.3) is 16.7 Å². The third-order valence-electron chi connectivity index (χ3n) is 5.72. The summed E-state index contributed by atoms with van der Waals surface area (Å²) in [4.78, 5) is 17.5. The van der Waals surface area contributed by atoms with Crippen LogP contribution in [0.2, 0.25) is 0 Å². The number of alkyl halides is 4. The Morgan fingerprint density at radius 1 is 1.19 bits per heavy atom. The number of aromatic nitrogens is 3. The Morgan fingerprint density at radius 3 is 2.44 bits per heavy atom. The predicted molar refractivity (Wildman–Crippen MR) is 106 cm³/mol. The number of nitrogens with two attached hydrogens (primary N) is 1. The lowest BCUT2D eigenvalue weighted by Gasteiger charge is -2.44. The van der Waals surface area contributed by atoms with E-state index in [-0.39, 0.29) is 24.8 Å². The van der Waals surface area contributed by atoms with Gasteiger partial charge in [0, 0.05) is 25.2 Å². The number of pyridine rings is 1. The van der Waals surface area contributed by atoms with E-state index in [9.17, 15) is 22.4 Å².